The molecule has 0 atom stereocenters. The Balaban J connectivity index is 2.33. The van der Waals surface area contributed by atoms with E-state index in [4.69, 9.17) is 11.6 Å². The van der Waals surface area contributed by atoms with Crippen molar-refractivity contribution < 1.29 is 4.79 Å². The van der Waals surface area contributed by atoms with Crippen molar-refractivity contribution in [2.75, 3.05) is 0 Å². The molecule has 0 unspecified atom stereocenters. The molecule has 2 aromatic heterocycles. The van der Waals surface area contributed by atoms with Gasteiger partial charge in [-0.15, -0.1) is 0 Å². The van der Waals surface area contributed by atoms with E-state index in [2.05, 4.69) is 9.36 Å². The molecular formula is C9H5ClN2OS. The van der Waals surface area contributed by atoms with Gasteiger partial charge in [0.25, 0.3) is 0 Å². The fourth-order valence-corrected chi connectivity index (χ4v) is 1.60. The predicted molar refractivity (Wildman–Crippen MR) is 54.8 cm³/mol. The van der Waals surface area contributed by atoms with Crippen LogP contribution in [0.2, 0.25) is 5.02 Å². The molecule has 0 aromatic carbocycles. The Bertz CT molecular complexity index is 438. The molecule has 2 heterocycles. The predicted octanol–water partition coefficient (Wildman–Crippen LogP) is 2.42. The number of carbonyl (C=O) groups is 1. The number of pyridine rings is 1. The summed E-state index contributed by atoms with van der Waals surface area (Å²) in [5, 5.41) is 2.21. The van der Waals surface area contributed by atoms with Crippen LogP contribution in [0.1, 0.15) is 16.1 Å². The zero-order valence-electron chi connectivity index (χ0n) is 6.98. The van der Waals surface area contributed by atoms with Crippen LogP contribution in [0, 0.1) is 0 Å². The molecular weight excluding hydrogens is 220 g/mol. The number of rotatable bonds is 2. The minimum absolute atomic E-state index is 0.129. The summed E-state index contributed by atoms with van der Waals surface area (Å²) in [4.78, 5) is 15.6. The lowest BCUT2D eigenvalue weighted by Gasteiger charge is -1.96. The molecule has 0 saturated carbocycles. The largest absolute Gasteiger partial charge is 0.287 e. The molecule has 5 heteroatoms. The average molecular weight is 225 g/mol. The maximum absolute atomic E-state index is 11.7. The second kappa shape index (κ2) is 3.86. The summed E-state index contributed by atoms with van der Waals surface area (Å²) in [5.74, 6) is -0.129. The van der Waals surface area contributed by atoms with Gasteiger partial charge < -0.3 is 0 Å². The first-order chi connectivity index (χ1) is 6.77. The standard InChI is InChI=1S/C9H5ClN2OS/c10-7-1-2-8(11-4-7)9(13)6-3-12-14-5-6/h1-5H. The topological polar surface area (TPSA) is 42.9 Å². The van der Waals surface area contributed by atoms with E-state index in [0.29, 0.717) is 16.3 Å². The van der Waals surface area contributed by atoms with E-state index in [1.54, 1.807) is 17.5 Å². The highest BCUT2D eigenvalue weighted by atomic mass is 35.5. The van der Waals surface area contributed by atoms with Gasteiger partial charge in [0, 0.05) is 11.6 Å². The van der Waals surface area contributed by atoms with Gasteiger partial charge in [0.05, 0.1) is 16.8 Å². The van der Waals surface area contributed by atoms with E-state index < -0.39 is 0 Å². The number of hydrogen-bond donors (Lipinski definition) is 0. The molecule has 0 aliphatic heterocycles. The summed E-state index contributed by atoms with van der Waals surface area (Å²) in [6, 6.07) is 3.24. The monoisotopic (exact) mass is 224 g/mol. The Labute approximate surface area is 89.5 Å². The molecule has 70 valence electrons. The molecule has 0 bridgehead atoms. The van der Waals surface area contributed by atoms with Crippen LogP contribution < -0.4 is 0 Å². The minimum Gasteiger partial charge on any atom is -0.287 e. The van der Waals surface area contributed by atoms with Crippen LogP contribution in [0.15, 0.2) is 29.9 Å². The smallest absolute Gasteiger partial charge is 0.213 e. The van der Waals surface area contributed by atoms with Crippen molar-refractivity contribution >= 4 is 28.9 Å². The van der Waals surface area contributed by atoms with Crippen LogP contribution in [0.25, 0.3) is 0 Å². The summed E-state index contributed by atoms with van der Waals surface area (Å²) in [6.07, 6.45) is 2.98. The van der Waals surface area contributed by atoms with Crippen LogP contribution in [-0.4, -0.2) is 15.1 Å². The quantitative estimate of drug-likeness (QED) is 0.736. The van der Waals surface area contributed by atoms with Crippen LogP contribution in [0.5, 0.6) is 0 Å². The molecule has 0 amide bonds. The van der Waals surface area contributed by atoms with Crippen molar-refractivity contribution in [1.29, 1.82) is 0 Å². The molecule has 0 radical (unpaired) electrons. The molecule has 2 aromatic rings. The van der Waals surface area contributed by atoms with Crippen LogP contribution in [0.3, 0.4) is 0 Å². The third-order valence-electron chi connectivity index (χ3n) is 1.65. The van der Waals surface area contributed by atoms with Crippen molar-refractivity contribution in [3.63, 3.8) is 0 Å². The SMILES string of the molecule is O=C(c1cnsc1)c1ccc(Cl)cn1. The van der Waals surface area contributed by atoms with E-state index in [1.165, 1.54) is 23.9 Å². The summed E-state index contributed by atoms with van der Waals surface area (Å²) < 4.78 is 3.85. The van der Waals surface area contributed by atoms with Gasteiger partial charge in [-0.3, -0.25) is 9.78 Å². The fraction of sp³-hybridized carbons (Fsp3) is 0. The summed E-state index contributed by atoms with van der Waals surface area (Å²) in [5.41, 5.74) is 0.944. The summed E-state index contributed by atoms with van der Waals surface area (Å²) in [7, 11) is 0. The normalized spacial score (nSPS) is 10.1. The van der Waals surface area contributed by atoms with Gasteiger partial charge in [-0.25, -0.2) is 4.37 Å². The Morgan fingerprint density at radius 2 is 2.21 bits per heavy atom. The number of aromatic nitrogens is 2. The van der Waals surface area contributed by atoms with E-state index in [-0.39, 0.29) is 5.78 Å². The third kappa shape index (κ3) is 1.81. The van der Waals surface area contributed by atoms with E-state index >= 15 is 0 Å². The second-order valence-electron chi connectivity index (χ2n) is 2.60. The molecule has 0 aliphatic carbocycles. The highest BCUT2D eigenvalue weighted by molar-refractivity contribution is 7.03. The number of ketones is 1. The van der Waals surface area contributed by atoms with Gasteiger partial charge in [-0.1, -0.05) is 11.6 Å². The Morgan fingerprint density at radius 3 is 2.79 bits per heavy atom. The van der Waals surface area contributed by atoms with Gasteiger partial charge in [-0.05, 0) is 23.7 Å². The first kappa shape index (κ1) is 9.30. The minimum atomic E-state index is -0.129. The van der Waals surface area contributed by atoms with E-state index in [9.17, 15) is 4.79 Å². The van der Waals surface area contributed by atoms with Gasteiger partial charge in [0.15, 0.2) is 0 Å². The van der Waals surface area contributed by atoms with Crippen LogP contribution in [-0.2, 0) is 0 Å². The third-order valence-corrected chi connectivity index (χ3v) is 2.46. The van der Waals surface area contributed by atoms with Crippen molar-refractivity contribution in [1.82, 2.24) is 9.36 Å². The molecule has 0 saturated heterocycles. The first-order valence-corrected chi connectivity index (χ1v) is 5.04. The molecule has 3 nitrogen and oxygen atoms in total. The number of carbonyl (C=O) groups excluding carboxylic acids is 1. The molecule has 14 heavy (non-hydrogen) atoms. The lowest BCUT2D eigenvalue weighted by atomic mass is 10.2. The van der Waals surface area contributed by atoms with E-state index in [1.807, 2.05) is 0 Å². The molecule has 0 spiro atoms. The maximum atomic E-state index is 11.7. The lowest BCUT2D eigenvalue weighted by molar-refractivity contribution is 0.103. The average Bonchev–Trinajstić information content (AvgIpc) is 2.71. The summed E-state index contributed by atoms with van der Waals surface area (Å²) in [6.45, 7) is 0. The number of nitrogens with zero attached hydrogens (tertiary/aromatic N) is 2. The number of halogens is 1. The number of hydrogen-bond acceptors (Lipinski definition) is 4. The zero-order valence-corrected chi connectivity index (χ0v) is 8.55. The van der Waals surface area contributed by atoms with Crippen molar-refractivity contribution in [3.05, 3.63) is 46.2 Å². The van der Waals surface area contributed by atoms with E-state index in [0.717, 1.165) is 0 Å². The Kier molecular flexibility index (Phi) is 2.56. The van der Waals surface area contributed by atoms with Gasteiger partial charge in [0.2, 0.25) is 5.78 Å². The van der Waals surface area contributed by atoms with Crippen LogP contribution >= 0.6 is 23.1 Å². The van der Waals surface area contributed by atoms with Crippen molar-refractivity contribution in [2.24, 2.45) is 0 Å². The Morgan fingerprint density at radius 1 is 1.36 bits per heavy atom. The van der Waals surface area contributed by atoms with Gasteiger partial charge in [-0.2, -0.15) is 0 Å². The molecule has 0 N–H and O–H groups in total. The zero-order chi connectivity index (χ0) is 9.97. The van der Waals surface area contributed by atoms with Crippen molar-refractivity contribution in [2.45, 2.75) is 0 Å². The maximum Gasteiger partial charge on any atom is 0.213 e. The first-order valence-electron chi connectivity index (χ1n) is 3.83. The molecule has 0 fully saturated rings. The lowest BCUT2D eigenvalue weighted by Crippen LogP contribution is -2.01. The second-order valence-corrected chi connectivity index (χ2v) is 3.70. The van der Waals surface area contributed by atoms with Crippen molar-refractivity contribution in [3.8, 4) is 0 Å². The van der Waals surface area contributed by atoms with Gasteiger partial charge in [0.1, 0.15) is 5.69 Å². The van der Waals surface area contributed by atoms with Gasteiger partial charge >= 0.3 is 0 Å². The highest BCUT2D eigenvalue weighted by Crippen LogP contribution is 2.11. The fourth-order valence-electron chi connectivity index (χ4n) is 0.975. The highest BCUT2D eigenvalue weighted by Gasteiger charge is 2.10. The Hall–Kier alpha value is -1.26. The summed E-state index contributed by atoms with van der Waals surface area (Å²) >= 11 is 6.90. The van der Waals surface area contributed by atoms with Crippen LogP contribution in [0.4, 0.5) is 0 Å². The molecule has 0 aliphatic rings. The molecule has 2 rings (SSSR count).